The van der Waals surface area contributed by atoms with Crippen LogP contribution in [0.15, 0.2) is 109 Å². The molecule has 5 aromatic rings. The molecule has 0 fully saturated rings. The van der Waals surface area contributed by atoms with Gasteiger partial charge in [0.05, 0.1) is 0 Å². The van der Waals surface area contributed by atoms with Crippen molar-refractivity contribution in [3.63, 3.8) is 0 Å². The first-order valence-corrected chi connectivity index (χ1v) is 19.5. The minimum atomic E-state index is -0.270. The molecule has 0 aromatic heterocycles. The maximum Gasteiger partial charge on any atom is -0.109 e. The van der Waals surface area contributed by atoms with E-state index in [1.54, 1.807) is 12.1 Å². The molecule has 8 rings (SSSR count). The van der Waals surface area contributed by atoms with Gasteiger partial charge in [0.2, 0.25) is 0 Å². The fraction of sp³-hybridized carbons (Fsp3) is 0.306. The number of rotatable bonds is 2. The van der Waals surface area contributed by atoms with Gasteiger partial charge in [-0.05, 0) is 33.1 Å². The van der Waals surface area contributed by atoms with Crippen LogP contribution in [0.25, 0.3) is 32.7 Å². The van der Waals surface area contributed by atoms with Crippen LogP contribution in [0.4, 0.5) is 8.78 Å². The number of fused-ring (bicyclic) bond motifs is 5. The zero-order valence-electron chi connectivity index (χ0n) is 33.1. The van der Waals surface area contributed by atoms with Gasteiger partial charge in [0.1, 0.15) is 0 Å². The zero-order chi connectivity index (χ0) is 37.8. The summed E-state index contributed by atoms with van der Waals surface area (Å²) in [6.07, 6.45) is 15.0. The van der Waals surface area contributed by atoms with Gasteiger partial charge < -0.3 is 24.8 Å². The van der Waals surface area contributed by atoms with Crippen LogP contribution in [0, 0.1) is 28.5 Å². The molecule has 3 aliphatic rings. The van der Waals surface area contributed by atoms with Crippen molar-refractivity contribution in [2.75, 3.05) is 0 Å². The van der Waals surface area contributed by atoms with Crippen LogP contribution in [-0.4, -0.2) is 3.21 Å². The van der Waals surface area contributed by atoms with E-state index in [-0.39, 0.29) is 58.1 Å². The van der Waals surface area contributed by atoms with Crippen LogP contribution in [0.3, 0.4) is 0 Å². The number of halogens is 4. The quantitative estimate of drug-likeness (QED) is 0.161. The molecule has 0 atom stereocenters. The van der Waals surface area contributed by atoms with Crippen molar-refractivity contribution in [1.82, 2.24) is 0 Å². The Hall–Kier alpha value is -3.10. The van der Waals surface area contributed by atoms with E-state index in [0.717, 1.165) is 45.0 Å². The molecule has 0 amide bonds. The Morgan fingerprint density at radius 2 is 1.09 bits per heavy atom. The van der Waals surface area contributed by atoms with Gasteiger partial charge in [-0.2, -0.15) is 6.08 Å². The molecule has 5 heteroatoms. The fourth-order valence-electron chi connectivity index (χ4n) is 7.69. The molecule has 0 bridgehead atoms. The summed E-state index contributed by atoms with van der Waals surface area (Å²) < 4.78 is 27.0. The molecular weight excluding hydrogens is 789 g/mol. The van der Waals surface area contributed by atoms with Crippen LogP contribution in [0.5, 0.6) is 0 Å². The first-order chi connectivity index (χ1) is 24.3. The molecule has 280 valence electrons. The number of hydrogen-bond acceptors (Lipinski definition) is 0. The molecule has 3 aliphatic carbocycles. The fourth-order valence-corrected chi connectivity index (χ4v) is 8.45. The van der Waals surface area contributed by atoms with Gasteiger partial charge in [0.15, 0.2) is 0 Å². The molecule has 0 unspecified atom stereocenters. The van der Waals surface area contributed by atoms with Crippen molar-refractivity contribution < 1.29 is 57.8 Å². The summed E-state index contributed by atoms with van der Waals surface area (Å²) in [6.45, 7) is 23.5. The first kappa shape index (κ1) is 43.6. The van der Waals surface area contributed by atoms with E-state index < -0.39 is 0 Å². The minimum absolute atomic E-state index is 0. The molecule has 0 heterocycles. The van der Waals surface area contributed by atoms with Gasteiger partial charge in [-0.3, -0.25) is 6.08 Å². The third-order valence-electron chi connectivity index (χ3n) is 10.4. The van der Waals surface area contributed by atoms with Crippen LogP contribution in [0.2, 0.25) is 0 Å². The standard InChI is InChI=1S/C31H37.C13H8F2.C5H5.2ClH.Zr/c1-28(2,3)26-16-30(7,8)24-12-18-11-19-13-25-23(15-21(19)20(18)14-22(24)26)27(29(4,5)6)17-31(25,9)10;14-12-5-1-3-10(8-12)7-11-4-2-6-13(15)9-11;1-2-4-5-3-1;;;/h11-17H,1-10H3;1-6,8-9H;1-3H,4H2;2*1H;/q-1;;-1;;;+2/p-2. The zero-order valence-corrected chi connectivity index (χ0v) is 37.1. The van der Waals surface area contributed by atoms with Gasteiger partial charge in [0.25, 0.3) is 0 Å². The van der Waals surface area contributed by atoms with Crippen molar-refractivity contribution in [3.8, 4) is 0 Å². The van der Waals surface area contributed by atoms with Crippen molar-refractivity contribution >= 4 is 35.9 Å². The van der Waals surface area contributed by atoms with Crippen molar-refractivity contribution in [3.05, 3.63) is 160 Å². The average molecular weight is 839 g/mol. The Kier molecular flexibility index (Phi) is 13.1. The SMILES string of the molecule is CC(C)(C)C1=CC(C)(C)c2cc3[cH-]c4cc5c(cc4c3cc21)C(C(C)(C)C)=CC5(C)C.Fc1cccc([C](=[Zr+2])c2cccc(F)c2)c1.[C-]1=CC=CC1.[Cl-].[Cl-]. The van der Waals surface area contributed by atoms with E-state index in [9.17, 15) is 8.78 Å². The third kappa shape index (κ3) is 8.96. The Labute approximate surface area is 349 Å². The molecule has 0 spiro atoms. The summed E-state index contributed by atoms with van der Waals surface area (Å²) in [7, 11) is 0. The molecule has 0 saturated heterocycles. The largest absolute Gasteiger partial charge is 1.00 e. The molecule has 5 aromatic carbocycles. The normalized spacial score (nSPS) is 15.9. The molecule has 0 radical (unpaired) electrons. The Morgan fingerprint density at radius 3 is 1.41 bits per heavy atom. The van der Waals surface area contributed by atoms with Gasteiger partial charge >= 0.3 is 108 Å². The van der Waals surface area contributed by atoms with E-state index in [4.69, 9.17) is 0 Å². The summed E-state index contributed by atoms with van der Waals surface area (Å²) in [6, 6.07) is 25.1. The molecule has 0 N–H and O–H groups in total. The minimum Gasteiger partial charge on any atom is -1.00 e. The molecule has 0 aliphatic heterocycles. The van der Waals surface area contributed by atoms with Crippen LogP contribution < -0.4 is 24.8 Å². The van der Waals surface area contributed by atoms with Crippen LogP contribution in [0.1, 0.15) is 109 Å². The van der Waals surface area contributed by atoms with Gasteiger partial charge in [-0.1, -0.05) is 105 Å². The molecule has 0 nitrogen and oxygen atoms in total. The van der Waals surface area contributed by atoms with E-state index >= 15 is 0 Å². The number of allylic oxidation sites excluding steroid dienone is 8. The van der Waals surface area contributed by atoms with Crippen molar-refractivity contribution in [2.24, 2.45) is 10.8 Å². The number of hydrogen-bond donors (Lipinski definition) is 0. The summed E-state index contributed by atoms with van der Waals surface area (Å²) in [5.74, 6) is -0.539. The molecule has 54 heavy (non-hydrogen) atoms. The predicted molar refractivity (Wildman–Crippen MR) is 216 cm³/mol. The van der Waals surface area contributed by atoms with E-state index in [1.165, 1.54) is 79.2 Å². The van der Waals surface area contributed by atoms with E-state index in [0.29, 0.717) is 0 Å². The average Bonchev–Trinajstić information content (AvgIpc) is 3.85. The van der Waals surface area contributed by atoms with Gasteiger partial charge in [0, 0.05) is 10.8 Å². The summed E-state index contributed by atoms with van der Waals surface area (Å²) in [5.41, 5.74) is 10.9. The summed E-state index contributed by atoms with van der Waals surface area (Å²) in [5, 5.41) is 5.58. The first-order valence-electron chi connectivity index (χ1n) is 18.3. The topological polar surface area (TPSA) is 0 Å². The maximum atomic E-state index is 13.0. The second-order valence-electron chi connectivity index (χ2n) is 17.6. The molecule has 0 saturated carbocycles. The van der Waals surface area contributed by atoms with E-state index in [2.05, 4.69) is 124 Å². The second kappa shape index (κ2) is 16.2. The van der Waals surface area contributed by atoms with Crippen molar-refractivity contribution in [1.29, 1.82) is 0 Å². The number of benzene rings is 4. The van der Waals surface area contributed by atoms with Gasteiger partial charge in [-0.25, -0.2) is 12.2 Å². The Morgan fingerprint density at radius 1 is 0.667 bits per heavy atom. The maximum absolute atomic E-state index is 13.0. The summed E-state index contributed by atoms with van der Waals surface area (Å²) >= 11 is 1.13. The predicted octanol–water partition coefficient (Wildman–Crippen LogP) is 7.55. The van der Waals surface area contributed by atoms with Crippen LogP contribution in [-0.2, 0) is 35.1 Å². The smallest absolute Gasteiger partial charge is 0.109 e. The monoisotopic (exact) mass is 836 g/mol. The second-order valence-corrected chi connectivity index (χ2v) is 18.8. The van der Waals surface area contributed by atoms with Crippen LogP contribution >= 0.6 is 0 Å². The van der Waals surface area contributed by atoms with Gasteiger partial charge in [-0.15, -0.1) is 46.2 Å². The Bertz CT molecular complexity index is 2170. The Balaban J connectivity index is 0.000000236. The third-order valence-corrected chi connectivity index (χ3v) is 11.8. The van der Waals surface area contributed by atoms with E-state index in [1.807, 2.05) is 24.3 Å². The summed E-state index contributed by atoms with van der Waals surface area (Å²) in [4.78, 5) is 0. The van der Waals surface area contributed by atoms with Crippen molar-refractivity contribution in [2.45, 2.75) is 86.5 Å². The molecular formula is C49H50Cl2F2Zr-2.